The lowest BCUT2D eigenvalue weighted by Crippen LogP contribution is -2.05. The summed E-state index contributed by atoms with van der Waals surface area (Å²) in [7, 11) is 0. The Morgan fingerprint density at radius 3 is 2.76 bits per heavy atom. The fourth-order valence-electron chi connectivity index (χ4n) is 2.60. The molecule has 1 N–H and O–H groups in total. The summed E-state index contributed by atoms with van der Waals surface area (Å²) in [5.41, 5.74) is 3.58. The Morgan fingerprint density at radius 2 is 2.00 bits per heavy atom. The third kappa shape index (κ3) is 3.35. The number of halogens is 1. The minimum Gasteiger partial charge on any atom is -0.492 e. The van der Waals surface area contributed by atoms with Gasteiger partial charge in [-0.15, -0.1) is 0 Å². The smallest absolute Gasteiger partial charge is 0.145 e. The van der Waals surface area contributed by atoms with Gasteiger partial charge in [0, 0.05) is 12.6 Å². The molecular formula is C18H20FNO. The van der Waals surface area contributed by atoms with E-state index in [1.807, 2.05) is 6.92 Å². The molecule has 2 aromatic carbocycles. The highest BCUT2D eigenvalue weighted by Gasteiger charge is 2.25. The first-order valence-corrected chi connectivity index (χ1v) is 7.52. The summed E-state index contributed by atoms with van der Waals surface area (Å²) in [6, 6.07) is 13.2. The molecule has 1 saturated carbocycles. The first-order valence-electron chi connectivity index (χ1n) is 7.52. The Bertz CT molecular complexity index is 622. The van der Waals surface area contributed by atoms with Gasteiger partial charge in [-0.3, -0.25) is 0 Å². The van der Waals surface area contributed by atoms with Crippen LogP contribution in [0.4, 0.5) is 10.1 Å². The topological polar surface area (TPSA) is 21.3 Å². The summed E-state index contributed by atoms with van der Waals surface area (Å²) in [5.74, 6) is 1.02. The second kappa shape index (κ2) is 6.17. The van der Waals surface area contributed by atoms with Crippen molar-refractivity contribution < 1.29 is 9.13 Å². The van der Waals surface area contributed by atoms with Crippen LogP contribution in [0.3, 0.4) is 0 Å². The number of hydrogen-bond donors (Lipinski definition) is 1. The summed E-state index contributed by atoms with van der Waals surface area (Å²) in [6.45, 7) is 3.16. The van der Waals surface area contributed by atoms with E-state index in [0.717, 1.165) is 18.2 Å². The molecule has 0 amide bonds. The maximum Gasteiger partial charge on any atom is 0.145 e. The van der Waals surface area contributed by atoms with E-state index in [2.05, 4.69) is 29.6 Å². The zero-order valence-corrected chi connectivity index (χ0v) is 12.2. The van der Waals surface area contributed by atoms with Crippen molar-refractivity contribution >= 4 is 5.69 Å². The lowest BCUT2D eigenvalue weighted by Gasteiger charge is -2.14. The minimum atomic E-state index is -0.276. The monoisotopic (exact) mass is 285 g/mol. The highest BCUT2D eigenvalue weighted by Crippen LogP contribution is 2.41. The van der Waals surface area contributed by atoms with Crippen LogP contribution in [0.15, 0.2) is 42.5 Å². The van der Waals surface area contributed by atoms with Crippen molar-refractivity contribution in [2.24, 2.45) is 0 Å². The molecule has 0 spiro atoms. The van der Waals surface area contributed by atoms with Crippen molar-refractivity contribution in [1.82, 2.24) is 0 Å². The van der Waals surface area contributed by atoms with Crippen LogP contribution in [0.1, 0.15) is 36.8 Å². The van der Waals surface area contributed by atoms with E-state index in [0.29, 0.717) is 12.4 Å². The molecule has 0 saturated heterocycles. The van der Waals surface area contributed by atoms with E-state index in [1.54, 1.807) is 6.07 Å². The molecule has 3 heteroatoms. The van der Waals surface area contributed by atoms with Gasteiger partial charge in [0.1, 0.15) is 11.6 Å². The van der Waals surface area contributed by atoms with Crippen molar-refractivity contribution in [3.63, 3.8) is 0 Å². The second-order valence-corrected chi connectivity index (χ2v) is 5.40. The first kappa shape index (κ1) is 13.9. The van der Waals surface area contributed by atoms with Crippen molar-refractivity contribution in [2.75, 3.05) is 11.9 Å². The van der Waals surface area contributed by atoms with E-state index in [-0.39, 0.29) is 5.82 Å². The molecule has 1 fully saturated rings. The van der Waals surface area contributed by atoms with Gasteiger partial charge >= 0.3 is 0 Å². The zero-order valence-electron chi connectivity index (χ0n) is 12.2. The molecule has 2 nitrogen and oxygen atoms in total. The lowest BCUT2D eigenvalue weighted by atomic mass is 10.0. The van der Waals surface area contributed by atoms with Crippen molar-refractivity contribution in [1.29, 1.82) is 0 Å². The van der Waals surface area contributed by atoms with Crippen LogP contribution < -0.4 is 10.1 Å². The number of hydrogen-bond acceptors (Lipinski definition) is 2. The summed E-state index contributed by atoms with van der Waals surface area (Å²) >= 11 is 0. The summed E-state index contributed by atoms with van der Waals surface area (Å²) in [6.07, 6.45) is 2.58. The fourth-order valence-corrected chi connectivity index (χ4v) is 2.60. The Morgan fingerprint density at radius 1 is 1.19 bits per heavy atom. The van der Waals surface area contributed by atoms with E-state index in [9.17, 15) is 4.39 Å². The number of benzene rings is 2. The van der Waals surface area contributed by atoms with Gasteiger partial charge in [0.25, 0.3) is 0 Å². The molecule has 0 aliphatic heterocycles. The molecule has 110 valence electrons. The molecule has 0 atom stereocenters. The number of ether oxygens (including phenoxy) is 1. The largest absolute Gasteiger partial charge is 0.492 e. The quantitative estimate of drug-likeness (QED) is 0.829. The summed E-state index contributed by atoms with van der Waals surface area (Å²) in [5, 5.41) is 3.37. The minimum absolute atomic E-state index is 0.276. The van der Waals surface area contributed by atoms with Gasteiger partial charge in [0.15, 0.2) is 0 Å². The molecule has 0 aromatic heterocycles. The molecular weight excluding hydrogens is 265 g/mol. The molecule has 21 heavy (non-hydrogen) atoms. The molecule has 0 heterocycles. The maximum atomic E-state index is 13.3. The fraction of sp³-hybridized carbons (Fsp3) is 0.333. The zero-order chi connectivity index (χ0) is 14.7. The van der Waals surface area contributed by atoms with Crippen molar-refractivity contribution in [3.8, 4) is 5.75 Å². The number of anilines is 1. The average Bonchev–Trinajstić information content (AvgIpc) is 3.32. The van der Waals surface area contributed by atoms with Gasteiger partial charge in [0.2, 0.25) is 0 Å². The molecule has 0 bridgehead atoms. The molecule has 1 aliphatic carbocycles. The van der Waals surface area contributed by atoms with Gasteiger partial charge < -0.3 is 10.1 Å². The summed E-state index contributed by atoms with van der Waals surface area (Å²) < 4.78 is 18.8. The highest BCUT2D eigenvalue weighted by atomic mass is 19.1. The Kier molecular flexibility index (Phi) is 4.09. The molecule has 2 aromatic rings. The van der Waals surface area contributed by atoms with Crippen LogP contribution in [0.2, 0.25) is 0 Å². The van der Waals surface area contributed by atoms with Gasteiger partial charge in [-0.2, -0.15) is 0 Å². The highest BCUT2D eigenvalue weighted by molar-refractivity contribution is 5.57. The third-order valence-electron chi connectivity index (χ3n) is 3.79. The van der Waals surface area contributed by atoms with Crippen LogP contribution in [-0.2, 0) is 6.54 Å². The predicted molar refractivity (Wildman–Crippen MR) is 83.3 cm³/mol. The van der Waals surface area contributed by atoms with E-state index in [4.69, 9.17) is 4.74 Å². The molecule has 1 aliphatic rings. The van der Waals surface area contributed by atoms with Crippen molar-refractivity contribution in [2.45, 2.75) is 32.2 Å². The van der Waals surface area contributed by atoms with Crippen LogP contribution in [0, 0.1) is 5.82 Å². The van der Waals surface area contributed by atoms with Gasteiger partial charge in [-0.1, -0.05) is 24.3 Å². The lowest BCUT2D eigenvalue weighted by molar-refractivity contribution is 0.340. The number of nitrogens with one attached hydrogen (secondary N) is 1. The van der Waals surface area contributed by atoms with Gasteiger partial charge in [-0.25, -0.2) is 4.39 Å². The number of rotatable bonds is 6. The molecule has 3 rings (SSSR count). The predicted octanol–water partition coefficient (Wildman–Crippen LogP) is 4.71. The average molecular weight is 285 g/mol. The van der Waals surface area contributed by atoms with E-state index < -0.39 is 0 Å². The van der Waals surface area contributed by atoms with E-state index in [1.165, 1.54) is 36.1 Å². The van der Waals surface area contributed by atoms with E-state index >= 15 is 0 Å². The third-order valence-corrected chi connectivity index (χ3v) is 3.79. The van der Waals surface area contributed by atoms with Crippen LogP contribution in [0.25, 0.3) is 0 Å². The first-order chi connectivity index (χ1) is 10.3. The molecule has 0 radical (unpaired) electrons. The van der Waals surface area contributed by atoms with Crippen LogP contribution in [-0.4, -0.2) is 6.61 Å². The van der Waals surface area contributed by atoms with Crippen LogP contribution >= 0.6 is 0 Å². The van der Waals surface area contributed by atoms with Gasteiger partial charge in [0.05, 0.1) is 12.3 Å². The Labute approximate surface area is 125 Å². The van der Waals surface area contributed by atoms with Crippen molar-refractivity contribution in [3.05, 3.63) is 59.4 Å². The normalized spacial score (nSPS) is 14.0. The Balaban J connectivity index is 1.76. The Hall–Kier alpha value is -2.03. The standard InChI is InChI=1S/C18H20FNO/c1-2-21-18-11-15(19)9-10-17(18)20-12-14-5-3-4-6-16(14)13-7-8-13/h3-6,9-11,13,20H,2,7-8,12H2,1H3. The molecule has 0 unspecified atom stereocenters. The van der Waals surface area contributed by atoms with Gasteiger partial charge in [-0.05, 0) is 48.9 Å². The summed E-state index contributed by atoms with van der Waals surface area (Å²) in [4.78, 5) is 0. The maximum absolute atomic E-state index is 13.3. The van der Waals surface area contributed by atoms with Crippen LogP contribution in [0.5, 0.6) is 5.75 Å². The second-order valence-electron chi connectivity index (χ2n) is 5.40. The SMILES string of the molecule is CCOc1cc(F)ccc1NCc1ccccc1C1CC1.